The Bertz CT molecular complexity index is 320. The first kappa shape index (κ1) is 12.6. The highest BCUT2D eigenvalue weighted by Crippen LogP contribution is 2.11. The monoisotopic (exact) mass is 187 g/mol. The van der Waals surface area contributed by atoms with Gasteiger partial charge in [-0.05, 0) is 17.5 Å². The Labute approximate surface area is 87.4 Å². The van der Waals surface area contributed by atoms with Gasteiger partial charge in [-0.25, -0.2) is 0 Å². The molecule has 0 atom stereocenters. The SMILES string of the molecule is B/C(C)=C/C(CCC(N)=O)=C(/B)C#C. The molecule has 0 radical (unpaired) electrons. The lowest BCUT2D eigenvalue weighted by Crippen LogP contribution is -2.10. The average molecular weight is 187 g/mol. The molecular formula is C10H15B2NO. The molecule has 0 spiro atoms. The second-order valence-electron chi connectivity index (χ2n) is 3.48. The summed E-state index contributed by atoms with van der Waals surface area (Å²) in [5.41, 5.74) is 8.13. The van der Waals surface area contributed by atoms with E-state index in [-0.39, 0.29) is 5.91 Å². The topological polar surface area (TPSA) is 43.1 Å². The predicted octanol–water partition coefficient (Wildman–Crippen LogP) is -0.691. The number of allylic oxidation sites excluding steroid dienone is 4. The molecule has 1 amide bonds. The van der Waals surface area contributed by atoms with E-state index < -0.39 is 0 Å². The van der Waals surface area contributed by atoms with Gasteiger partial charge in [0.15, 0.2) is 7.85 Å². The molecule has 0 aliphatic heterocycles. The number of amides is 1. The van der Waals surface area contributed by atoms with E-state index in [1.165, 1.54) is 5.47 Å². The van der Waals surface area contributed by atoms with Crippen LogP contribution in [0.5, 0.6) is 0 Å². The Morgan fingerprint density at radius 2 is 2.07 bits per heavy atom. The molecule has 0 aliphatic rings. The molecule has 0 fully saturated rings. The molecule has 14 heavy (non-hydrogen) atoms. The summed E-state index contributed by atoms with van der Waals surface area (Å²) in [4.78, 5) is 10.6. The lowest BCUT2D eigenvalue weighted by molar-refractivity contribution is -0.117. The van der Waals surface area contributed by atoms with Crippen molar-refractivity contribution < 1.29 is 4.79 Å². The van der Waals surface area contributed by atoms with Gasteiger partial charge in [0, 0.05) is 6.42 Å². The molecule has 0 bridgehead atoms. The van der Waals surface area contributed by atoms with E-state index in [2.05, 4.69) is 5.92 Å². The third-order valence-corrected chi connectivity index (χ3v) is 1.80. The van der Waals surface area contributed by atoms with Crippen LogP contribution in [0.4, 0.5) is 0 Å². The van der Waals surface area contributed by atoms with Crippen molar-refractivity contribution in [2.75, 3.05) is 0 Å². The number of carbonyl (C=O) groups is 1. The third-order valence-electron chi connectivity index (χ3n) is 1.80. The van der Waals surface area contributed by atoms with Gasteiger partial charge in [0.1, 0.15) is 7.85 Å². The van der Waals surface area contributed by atoms with Gasteiger partial charge in [-0.3, -0.25) is 4.79 Å². The van der Waals surface area contributed by atoms with E-state index in [0.29, 0.717) is 12.8 Å². The predicted molar refractivity (Wildman–Crippen MR) is 65.1 cm³/mol. The zero-order valence-electron chi connectivity index (χ0n) is 9.05. The van der Waals surface area contributed by atoms with Crippen LogP contribution >= 0.6 is 0 Å². The average Bonchev–Trinajstić information content (AvgIpc) is 2.10. The lowest BCUT2D eigenvalue weighted by atomic mass is 9.85. The first-order valence-electron chi connectivity index (χ1n) is 4.57. The van der Waals surface area contributed by atoms with Gasteiger partial charge < -0.3 is 5.73 Å². The van der Waals surface area contributed by atoms with Gasteiger partial charge in [0.05, 0.1) is 0 Å². The number of hydrogen-bond acceptors (Lipinski definition) is 1. The van der Waals surface area contributed by atoms with Crippen molar-refractivity contribution in [2.24, 2.45) is 5.73 Å². The van der Waals surface area contributed by atoms with Crippen molar-refractivity contribution in [3.63, 3.8) is 0 Å². The molecule has 0 saturated carbocycles. The van der Waals surface area contributed by atoms with Crippen LogP contribution in [0.25, 0.3) is 0 Å². The Balaban J connectivity index is 4.69. The second kappa shape index (κ2) is 6.15. The standard InChI is InChI=1S/C10H15B2NO/c1-3-9(12)8(6-7(2)11)4-5-10(13)14/h1,6H,4-5,11-12H2,2H3,(H2,13,14)/b7-6+,9-8+. The van der Waals surface area contributed by atoms with Crippen molar-refractivity contribution in [3.8, 4) is 12.3 Å². The minimum Gasteiger partial charge on any atom is -0.370 e. The van der Waals surface area contributed by atoms with E-state index in [4.69, 9.17) is 12.2 Å². The molecule has 0 aromatic rings. The van der Waals surface area contributed by atoms with Crippen molar-refractivity contribution in [1.82, 2.24) is 0 Å². The molecule has 0 saturated heterocycles. The lowest BCUT2D eigenvalue weighted by Gasteiger charge is -2.04. The molecule has 0 unspecified atom stereocenters. The molecule has 0 aliphatic carbocycles. The van der Waals surface area contributed by atoms with Crippen LogP contribution in [-0.4, -0.2) is 21.6 Å². The minimum atomic E-state index is -0.297. The first-order chi connectivity index (χ1) is 6.47. The van der Waals surface area contributed by atoms with E-state index in [9.17, 15) is 4.79 Å². The van der Waals surface area contributed by atoms with Crippen molar-refractivity contribution in [1.29, 1.82) is 0 Å². The van der Waals surface area contributed by atoms with Crippen molar-refractivity contribution in [2.45, 2.75) is 19.8 Å². The summed E-state index contributed by atoms with van der Waals surface area (Å²) in [5.74, 6) is 2.28. The van der Waals surface area contributed by atoms with Gasteiger partial charge in [0.25, 0.3) is 0 Å². The van der Waals surface area contributed by atoms with E-state index in [1.54, 1.807) is 0 Å². The molecule has 0 aromatic carbocycles. The summed E-state index contributed by atoms with van der Waals surface area (Å²) in [6, 6.07) is 0. The highest BCUT2D eigenvalue weighted by Gasteiger charge is 2.01. The number of primary amides is 1. The van der Waals surface area contributed by atoms with Crippen LogP contribution < -0.4 is 5.73 Å². The number of nitrogens with two attached hydrogens (primary N) is 1. The first-order valence-corrected chi connectivity index (χ1v) is 4.57. The highest BCUT2D eigenvalue weighted by molar-refractivity contribution is 6.25. The van der Waals surface area contributed by atoms with Gasteiger partial charge in [-0.2, -0.15) is 0 Å². The molecular weight excluding hydrogens is 172 g/mol. The van der Waals surface area contributed by atoms with Crippen LogP contribution in [-0.2, 0) is 4.79 Å². The molecule has 72 valence electrons. The summed E-state index contributed by atoms with van der Waals surface area (Å²) >= 11 is 0. The quantitative estimate of drug-likeness (QED) is 0.353. The summed E-state index contributed by atoms with van der Waals surface area (Å²) < 4.78 is 0. The number of rotatable bonds is 4. The molecule has 2 N–H and O–H groups in total. The smallest absolute Gasteiger partial charge is 0.217 e. The maximum Gasteiger partial charge on any atom is 0.217 e. The molecule has 2 nitrogen and oxygen atoms in total. The summed E-state index contributed by atoms with van der Waals surface area (Å²) in [5, 5.41) is 0. The number of carbonyl (C=O) groups excluding carboxylic acids is 1. The summed E-state index contributed by atoms with van der Waals surface area (Å²) in [7, 11) is 3.86. The second-order valence-corrected chi connectivity index (χ2v) is 3.48. The molecule has 0 heterocycles. The fourth-order valence-corrected chi connectivity index (χ4v) is 1.07. The van der Waals surface area contributed by atoms with E-state index >= 15 is 0 Å². The fourth-order valence-electron chi connectivity index (χ4n) is 1.07. The van der Waals surface area contributed by atoms with E-state index in [0.717, 1.165) is 11.0 Å². The normalized spacial score (nSPS) is 13.0. The Morgan fingerprint density at radius 1 is 1.50 bits per heavy atom. The fraction of sp³-hybridized carbons (Fsp3) is 0.300. The van der Waals surface area contributed by atoms with Gasteiger partial charge in [0.2, 0.25) is 5.91 Å². The van der Waals surface area contributed by atoms with E-state index in [1.807, 2.05) is 28.7 Å². The molecule has 0 rings (SSSR count). The number of hydrogen-bond donors (Lipinski definition) is 1. The minimum absolute atomic E-state index is 0.297. The van der Waals surface area contributed by atoms with Crippen LogP contribution in [0.1, 0.15) is 19.8 Å². The van der Waals surface area contributed by atoms with Gasteiger partial charge in [-0.15, -0.1) is 11.9 Å². The summed E-state index contributed by atoms with van der Waals surface area (Å²) in [6.45, 7) is 1.99. The van der Waals surface area contributed by atoms with Crippen molar-refractivity contribution >= 4 is 21.6 Å². The van der Waals surface area contributed by atoms with Crippen LogP contribution in [0, 0.1) is 12.3 Å². The number of terminal acetylenes is 1. The maximum absolute atomic E-state index is 10.6. The van der Waals surface area contributed by atoms with Crippen LogP contribution in [0.3, 0.4) is 0 Å². The Morgan fingerprint density at radius 3 is 2.43 bits per heavy atom. The molecule has 0 aromatic heterocycles. The Kier molecular flexibility index (Phi) is 5.55. The van der Waals surface area contributed by atoms with Crippen molar-refractivity contribution in [3.05, 3.63) is 22.6 Å². The third kappa shape index (κ3) is 5.31. The van der Waals surface area contributed by atoms with Gasteiger partial charge in [-0.1, -0.05) is 18.9 Å². The van der Waals surface area contributed by atoms with Crippen LogP contribution in [0.2, 0.25) is 0 Å². The largest absolute Gasteiger partial charge is 0.370 e. The maximum atomic E-state index is 10.6. The summed E-state index contributed by atoms with van der Waals surface area (Å²) in [6.07, 6.45) is 8.27. The highest BCUT2D eigenvalue weighted by atomic mass is 16.1. The molecule has 4 heteroatoms. The zero-order chi connectivity index (χ0) is 11.1. The van der Waals surface area contributed by atoms with Gasteiger partial charge >= 0.3 is 0 Å². The Hall–Kier alpha value is -1.36. The zero-order valence-corrected chi connectivity index (χ0v) is 9.05. The van der Waals surface area contributed by atoms with Crippen LogP contribution in [0.15, 0.2) is 22.6 Å².